The van der Waals surface area contributed by atoms with Gasteiger partial charge in [0.25, 0.3) is 5.91 Å². The van der Waals surface area contributed by atoms with E-state index in [1.165, 1.54) is 57.8 Å². The van der Waals surface area contributed by atoms with Gasteiger partial charge in [0.15, 0.2) is 0 Å². The fourth-order valence-corrected chi connectivity index (χ4v) is 9.95. The van der Waals surface area contributed by atoms with Crippen molar-refractivity contribution in [1.29, 1.82) is 0 Å². The van der Waals surface area contributed by atoms with Crippen molar-refractivity contribution in [2.24, 2.45) is 46.3 Å². The lowest BCUT2D eigenvalue weighted by atomic mass is 9.46. The van der Waals surface area contributed by atoms with Gasteiger partial charge < -0.3 is 4.90 Å². The van der Waals surface area contributed by atoms with Gasteiger partial charge in [0, 0.05) is 18.7 Å². The van der Waals surface area contributed by atoms with Crippen LogP contribution in [-0.2, 0) is 0 Å². The van der Waals surface area contributed by atoms with Crippen LogP contribution in [0.1, 0.15) is 116 Å². The maximum absolute atomic E-state index is 13.2. The average Bonchev–Trinajstić information content (AvgIpc) is 3.25. The first-order valence-electron chi connectivity index (χ1n) is 15.7. The molecule has 204 valence electrons. The number of rotatable bonds is 7. The van der Waals surface area contributed by atoms with Crippen LogP contribution < -0.4 is 0 Å². The SMILES string of the molecule is CC(C)CCC[C@@H](C)[C@H]1CCC2C3CC=C4C[C@@H](N(C)C(=O)c5ccccc5)CC[C@]4(C)C3CC[C@@]21C. The highest BCUT2D eigenvalue weighted by Gasteiger charge is 2.59. The summed E-state index contributed by atoms with van der Waals surface area (Å²) in [6.45, 7) is 12.6. The molecule has 2 heteroatoms. The summed E-state index contributed by atoms with van der Waals surface area (Å²) >= 11 is 0. The van der Waals surface area contributed by atoms with E-state index in [2.05, 4.69) is 40.7 Å². The molecule has 4 aliphatic rings. The number of hydrogen-bond donors (Lipinski definition) is 0. The molecule has 1 aromatic rings. The molecule has 3 fully saturated rings. The van der Waals surface area contributed by atoms with Gasteiger partial charge in [-0.05, 0) is 110 Å². The van der Waals surface area contributed by atoms with Crippen LogP contribution in [0.3, 0.4) is 0 Å². The summed E-state index contributed by atoms with van der Waals surface area (Å²) in [5.41, 5.74) is 3.40. The standard InChI is InChI=1S/C35H53NO/c1-24(2)11-10-12-25(3)30-17-18-31-29-16-15-27-23-28(36(6)33(37)26-13-8-7-9-14-26)19-21-34(27,4)32(29)20-22-35(30,31)5/h7-9,13-15,24-25,28-32H,10-12,16-23H2,1-6H3/t25-,28+,29?,30-,31?,32?,34+,35-/m1/s1. The average molecular weight is 504 g/mol. The van der Waals surface area contributed by atoms with Crippen molar-refractivity contribution in [2.45, 2.75) is 111 Å². The molecule has 3 saturated carbocycles. The molecule has 0 radical (unpaired) electrons. The minimum absolute atomic E-state index is 0.177. The molecule has 3 unspecified atom stereocenters. The van der Waals surface area contributed by atoms with Crippen molar-refractivity contribution in [3.8, 4) is 0 Å². The quantitative estimate of drug-likeness (QED) is 0.340. The predicted octanol–water partition coefficient (Wildman–Crippen LogP) is 9.17. The fraction of sp³-hybridized carbons (Fsp3) is 0.743. The zero-order chi connectivity index (χ0) is 26.4. The topological polar surface area (TPSA) is 20.3 Å². The molecule has 2 nitrogen and oxygen atoms in total. The zero-order valence-corrected chi connectivity index (χ0v) is 24.6. The van der Waals surface area contributed by atoms with E-state index >= 15 is 0 Å². The summed E-state index contributed by atoms with van der Waals surface area (Å²) in [5, 5.41) is 0. The first-order valence-corrected chi connectivity index (χ1v) is 15.7. The molecule has 8 atom stereocenters. The van der Waals surface area contributed by atoms with Gasteiger partial charge in [0.05, 0.1) is 0 Å². The number of allylic oxidation sites excluding steroid dienone is 1. The molecular formula is C35H53NO. The summed E-state index contributed by atoms with van der Waals surface area (Å²) in [6, 6.07) is 10.2. The van der Waals surface area contributed by atoms with E-state index in [1.54, 1.807) is 5.57 Å². The van der Waals surface area contributed by atoms with Gasteiger partial charge in [-0.1, -0.05) is 83.7 Å². The summed E-state index contributed by atoms with van der Waals surface area (Å²) in [7, 11) is 2.03. The van der Waals surface area contributed by atoms with Gasteiger partial charge in [-0.2, -0.15) is 0 Å². The molecule has 1 amide bonds. The Morgan fingerprint density at radius 1 is 0.973 bits per heavy atom. The number of fused-ring (bicyclic) bond motifs is 5. The first kappa shape index (κ1) is 27.0. The van der Waals surface area contributed by atoms with Crippen molar-refractivity contribution < 1.29 is 4.79 Å². The second kappa shape index (κ2) is 10.5. The number of hydrogen-bond acceptors (Lipinski definition) is 1. The van der Waals surface area contributed by atoms with E-state index in [4.69, 9.17) is 0 Å². The second-order valence-electron chi connectivity index (χ2n) is 14.5. The van der Waals surface area contributed by atoms with Gasteiger partial charge >= 0.3 is 0 Å². The summed E-state index contributed by atoms with van der Waals surface area (Å²) in [5.74, 6) is 5.46. The van der Waals surface area contributed by atoms with Gasteiger partial charge in [0.1, 0.15) is 0 Å². The van der Waals surface area contributed by atoms with E-state index in [9.17, 15) is 4.79 Å². The van der Waals surface area contributed by atoms with Gasteiger partial charge in [-0.15, -0.1) is 0 Å². The van der Waals surface area contributed by atoms with Crippen LogP contribution in [0.4, 0.5) is 0 Å². The van der Waals surface area contributed by atoms with Gasteiger partial charge in [-0.25, -0.2) is 0 Å². The number of amides is 1. The smallest absolute Gasteiger partial charge is 0.253 e. The van der Waals surface area contributed by atoms with E-state index in [1.807, 2.05) is 42.3 Å². The fourth-order valence-electron chi connectivity index (χ4n) is 9.95. The van der Waals surface area contributed by atoms with Crippen molar-refractivity contribution in [3.63, 3.8) is 0 Å². The molecule has 5 rings (SSSR count). The second-order valence-corrected chi connectivity index (χ2v) is 14.5. The van der Waals surface area contributed by atoms with Crippen LogP contribution in [0.5, 0.6) is 0 Å². The van der Waals surface area contributed by atoms with Gasteiger partial charge in [-0.3, -0.25) is 4.79 Å². The normalized spacial score (nSPS) is 37.8. The van der Waals surface area contributed by atoms with Crippen molar-refractivity contribution >= 4 is 5.91 Å². The van der Waals surface area contributed by atoms with E-state index in [0.29, 0.717) is 16.9 Å². The molecule has 0 bridgehead atoms. The minimum atomic E-state index is 0.177. The Bertz CT molecular complexity index is 980. The number of carbonyl (C=O) groups excluding carboxylic acids is 1. The lowest BCUT2D eigenvalue weighted by molar-refractivity contribution is -0.0534. The van der Waals surface area contributed by atoms with Crippen molar-refractivity contribution in [3.05, 3.63) is 47.5 Å². The largest absolute Gasteiger partial charge is 0.338 e. The molecular weight excluding hydrogens is 450 g/mol. The maximum atomic E-state index is 13.2. The number of benzene rings is 1. The molecule has 0 aromatic heterocycles. The highest BCUT2D eigenvalue weighted by Crippen LogP contribution is 2.67. The van der Waals surface area contributed by atoms with Crippen LogP contribution in [0.2, 0.25) is 0 Å². The Hall–Kier alpha value is -1.57. The van der Waals surface area contributed by atoms with E-state index in [0.717, 1.165) is 53.9 Å². The summed E-state index contributed by atoms with van der Waals surface area (Å²) in [6.07, 6.45) is 17.4. The highest BCUT2D eigenvalue weighted by atomic mass is 16.2. The maximum Gasteiger partial charge on any atom is 0.253 e. The Labute approximate surface area is 227 Å². The molecule has 1 aromatic carbocycles. The third-order valence-corrected chi connectivity index (χ3v) is 12.2. The van der Waals surface area contributed by atoms with Gasteiger partial charge in [0.2, 0.25) is 0 Å². The minimum Gasteiger partial charge on any atom is -0.338 e. The lowest BCUT2D eigenvalue weighted by Crippen LogP contribution is -2.52. The van der Waals surface area contributed by atoms with Crippen LogP contribution in [0, 0.1) is 46.3 Å². The van der Waals surface area contributed by atoms with Crippen LogP contribution in [-0.4, -0.2) is 23.9 Å². The Kier molecular flexibility index (Phi) is 7.69. The molecule has 0 saturated heterocycles. The third kappa shape index (κ3) is 4.85. The van der Waals surface area contributed by atoms with Crippen molar-refractivity contribution in [2.75, 3.05) is 7.05 Å². The molecule has 37 heavy (non-hydrogen) atoms. The summed E-state index contributed by atoms with van der Waals surface area (Å²) < 4.78 is 0. The molecule has 0 heterocycles. The van der Waals surface area contributed by atoms with Crippen LogP contribution in [0.15, 0.2) is 42.0 Å². The monoisotopic (exact) mass is 503 g/mol. The molecule has 4 aliphatic carbocycles. The summed E-state index contributed by atoms with van der Waals surface area (Å²) in [4.78, 5) is 15.2. The van der Waals surface area contributed by atoms with Crippen molar-refractivity contribution in [1.82, 2.24) is 4.90 Å². The van der Waals surface area contributed by atoms with E-state index in [-0.39, 0.29) is 5.91 Å². The Morgan fingerprint density at radius 2 is 1.73 bits per heavy atom. The highest BCUT2D eigenvalue weighted by molar-refractivity contribution is 5.94. The third-order valence-electron chi connectivity index (χ3n) is 12.2. The van der Waals surface area contributed by atoms with Crippen LogP contribution in [0.25, 0.3) is 0 Å². The zero-order valence-electron chi connectivity index (χ0n) is 24.6. The lowest BCUT2D eigenvalue weighted by Gasteiger charge is -2.59. The van der Waals surface area contributed by atoms with E-state index < -0.39 is 0 Å². The molecule has 0 N–H and O–H groups in total. The van der Waals surface area contributed by atoms with Crippen LogP contribution >= 0.6 is 0 Å². The number of nitrogens with zero attached hydrogens (tertiary/aromatic N) is 1. The first-order chi connectivity index (χ1) is 17.6. The predicted molar refractivity (Wildman–Crippen MR) is 155 cm³/mol. The Morgan fingerprint density at radius 3 is 2.46 bits per heavy atom. The number of carbonyl (C=O) groups is 1. The molecule has 0 aliphatic heterocycles. The Balaban J connectivity index is 1.28. The molecule has 0 spiro atoms.